The van der Waals surface area contributed by atoms with E-state index >= 15 is 0 Å². The number of allylic oxidation sites excluding steroid dienone is 2. The highest BCUT2D eigenvalue weighted by atomic mass is 16.3. The summed E-state index contributed by atoms with van der Waals surface area (Å²) in [6.45, 7) is 0. The van der Waals surface area contributed by atoms with Crippen LogP contribution in [0, 0.1) is 0 Å². The van der Waals surface area contributed by atoms with Gasteiger partial charge in [-0.15, -0.1) is 0 Å². The summed E-state index contributed by atoms with van der Waals surface area (Å²) in [5.41, 5.74) is 2.66. The van der Waals surface area contributed by atoms with Gasteiger partial charge in [-0.3, -0.25) is 4.79 Å². The second-order valence-electron chi connectivity index (χ2n) is 5.29. The molecule has 0 aliphatic heterocycles. The molecule has 0 heterocycles. The van der Waals surface area contributed by atoms with Gasteiger partial charge in [-0.05, 0) is 37.1 Å². The molecule has 2 aromatic carbocycles. The maximum Gasteiger partial charge on any atom is 0.185 e. The van der Waals surface area contributed by atoms with E-state index in [2.05, 4.69) is 0 Å². The van der Waals surface area contributed by atoms with Crippen molar-refractivity contribution in [2.24, 2.45) is 0 Å². The molecule has 0 bridgehead atoms. The zero-order valence-corrected chi connectivity index (χ0v) is 12.0. The van der Waals surface area contributed by atoms with Crippen LogP contribution in [0.4, 0.5) is 0 Å². The molecule has 1 aliphatic carbocycles. The minimum atomic E-state index is -0.0218. The quantitative estimate of drug-likeness (QED) is 0.825. The lowest BCUT2D eigenvalue weighted by Gasteiger charge is -2.01. The Morgan fingerprint density at radius 1 is 0.727 bits per heavy atom. The first kappa shape index (κ1) is 14.1. The van der Waals surface area contributed by atoms with E-state index in [1.807, 2.05) is 12.1 Å². The van der Waals surface area contributed by atoms with Crippen LogP contribution in [0.1, 0.15) is 24.0 Å². The maximum atomic E-state index is 12.4. The number of para-hydroxylation sites is 2. The monoisotopic (exact) mass is 292 g/mol. The molecule has 0 aromatic heterocycles. The third-order valence-electron chi connectivity index (χ3n) is 3.78. The third-order valence-corrected chi connectivity index (χ3v) is 3.78. The van der Waals surface area contributed by atoms with Gasteiger partial charge in [-0.1, -0.05) is 36.4 Å². The lowest BCUT2D eigenvalue weighted by atomic mass is 10.1. The maximum absolute atomic E-state index is 12.4. The summed E-state index contributed by atoms with van der Waals surface area (Å²) in [4.78, 5) is 12.4. The minimum absolute atomic E-state index is 0.0218. The van der Waals surface area contributed by atoms with E-state index in [4.69, 9.17) is 0 Å². The fourth-order valence-electron chi connectivity index (χ4n) is 2.57. The first-order valence-corrected chi connectivity index (χ1v) is 7.17. The van der Waals surface area contributed by atoms with E-state index in [0.29, 0.717) is 35.1 Å². The van der Waals surface area contributed by atoms with Crippen molar-refractivity contribution in [3.05, 3.63) is 70.8 Å². The number of carbonyl (C=O) groups excluding carboxylic acids is 1. The Morgan fingerprint density at radius 3 is 1.55 bits per heavy atom. The van der Waals surface area contributed by atoms with Crippen LogP contribution in [0.3, 0.4) is 0 Å². The van der Waals surface area contributed by atoms with Crippen molar-refractivity contribution in [3.8, 4) is 11.5 Å². The third kappa shape index (κ3) is 2.79. The molecule has 0 amide bonds. The van der Waals surface area contributed by atoms with Crippen molar-refractivity contribution in [1.29, 1.82) is 0 Å². The van der Waals surface area contributed by atoms with E-state index in [1.54, 1.807) is 48.6 Å². The van der Waals surface area contributed by atoms with Gasteiger partial charge in [0.15, 0.2) is 5.78 Å². The van der Waals surface area contributed by atoms with Crippen molar-refractivity contribution in [2.45, 2.75) is 12.8 Å². The van der Waals surface area contributed by atoms with Gasteiger partial charge in [0.1, 0.15) is 11.5 Å². The van der Waals surface area contributed by atoms with E-state index in [1.165, 1.54) is 0 Å². The molecular formula is C19H16O3. The minimum Gasteiger partial charge on any atom is -0.507 e. The van der Waals surface area contributed by atoms with Gasteiger partial charge in [-0.25, -0.2) is 0 Å². The second kappa shape index (κ2) is 5.90. The largest absolute Gasteiger partial charge is 0.507 e. The van der Waals surface area contributed by atoms with E-state index in [0.717, 1.165) is 0 Å². The van der Waals surface area contributed by atoms with Gasteiger partial charge < -0.3 is 10.2 Å². The molecule has 1 fully saturated rings. The van der Waals surface area contributed by atoms with E-state index in [9.17, 15) is 15.0 Å². The molecule has 1 saturated carbocycles. The number of hydrogen-bond donors (Lipinski definition) is 2. The Labute approximate surface area is 128 Å². The van der Waals surface area contributed by atoms with Crippen LogP contribution < -0.4 is 0 Å². The van der Waals surface area contributed by atoms with Crippen molar-refractivity contribution >= 4 is 17.9 Å². The summed E-state index contributed by atoms with van der Waals surface area (Å²) in [5.74, 6) is 0.313. The first-order valence-electron chi connectivity index (χ1n) is 7.17. The molecule has 0 saturated heterocycles. The Balaban J connectivity index is 1.90. The number of phenolic OH excluding ortho intramolecular Hbond substituents is 2. The van der Waals surface area contributed by atoms with Crippen molar-refractivity contribution in [1.82, 2.24) is 0 Å². The predicted octanol–water partition coefficient (Wildman–Crippen LogP) is 3.93. The predicted molar refractivity (Wildman–Crippen MR) is 86.4 cm³/mol. The van der Waals surface area contributed by atoms with Gasteiger partial charge in [0, 0.05) is 22.3 Å². The van der Waals surface area contributed by atoms with Gasteiger partial charge in [0.25, 0.3) is 0 Å². The number of phenols is 2. The summed E-state index contributed by atoms with van der Waals surface area (Å²) >= 11 is 0. The van der Waals surface area contributed by atoms with Crippen LogP contribution in [-0.4, -0.2) is 16.0 Å². The average molecular weight is 292 g/mol. The van der Waals surface area contributed by atoms with Gasteiger partial charge in [0.2, 0.25) is 0 Å². The Morgan fingerprint density at radius 2 is 1.14 bits per heavy atom. The second-order valence-corrected chi connectivity index (χ2v) is 5.29. The smallest absolute Gasteiger partial charge is 0.185 e. The van der Waals surface area contributed by atoms with Crippen molar-refractivity contribution in [3.63, 3.8) is 0 Å². The summed E-state index contributed by atoms with van der Waals surface area (Å²) in [6, 6.07) is 13.9. The molecular weight excluding hydrogens is 276 g/mol. The number of carbonyl (C=O) groups is 1. The molecule has 1 aliphatic rings. The molecule has 3 heteroatoms. The molecule has 3 nitrogen and oxygen atoms in total. The Hall–Kier alpha value is -2.81. The molecule has 2 N–H and O–H groups in total. The number of benzene rings is 2. The summed E-state index contributed by atoms with van der Waals surface area (Å²) in [5, 5.41) is 19.6. The summed E-state index contributed by atoms with van der Waals surface area (Å²) in [6.07, 6.45) is 4.77. The van der Waals surface area contributed by atoms with Gasteiger partial charge in [0.05, 0.1) is 0 Å². The zero-order valence-electron chi connectivity index (χ0n) is 12.0. The number of ketones is 1. The molecule has 0 unspecified atom stereocenters. The standard InChI is InChI=1S/C19H16O3/c20-17-7-3-1-5-13(17)11-15-9-10-16(19(15)22)12-14-6-2-4-8-18(14)21/h1-8,11-12,20-21H,9-10H2/b15-11+,16-12+. The molecule has 0 atom stereocenters. The normalized spacial score (nSPS) is 18.3. The highest BCUT2D eigenvalue weighted by Crippen LogP contribution is 2.32. The summed E-state index contributed by atoms with van der Waals surface area (Å²) < 4.78 is 0. The van der Waals surface area contributed by atoms with E-state index < -0.39 is 0 Å². The highest BCUT2D eigenvalue weighted by molar-refractivity contribution is 6.15. The highest BCUT2D eigenvalue weighted by Gasteiger charge is 2.23. The molecule has 3 rings (SSSR count). The van der Waals surface area contributed by atoms with Crippen LogP contribution in [0.2, 0.25) is 0 Å². The molecule has 22 heavy (non-hydrogen) atoms. The van der Waals surface area contributed by atoms with E-state index in [-0.39, 0.29) is 17.3 Å². The van der Waals surface area contributed by atoms with Gasteiger partial charge in [-0.2, -0.15) is 0 Å². The molecule has 0 spiro atoms. The SMILES string of the molecule is O=C1/C(=C/c2ccccc2O)CC/C1=C\c1ccccc1O. The van der Waals surface area contributed by atoms with Crippen molar-refractivity contribution in [2.75, 3.05) is 0 Å². The fraction of sp³-hybridized carbons (Fsp3) is 0.105. The molecule has 0 radical (unpaired) electrons. The number of rotatable bonds is 2. The van der Waals surface area contributed by atoms with Crippen LogP contribution >= 0.6 is 0 Å². The zero-order chi connectivity index (χ0) is 15.5. The van der Waals surface area contributed by atoms with Crippen LogP contribution in [-0.2, 0) is 4.79 Å². The van der Waals surface area contributed by atoms with Crippen molar-refractivity contribution < 1.29 is 15.0 Å². The lowest BCUT2D eigenvalue weighted by molar-refractivity contribution is -0.111. The summed E-state index contributed by atoms with van der Waals surface area (Å²) in [7, 11) is 0. The van der Waals surface area contributed by atoms with Crippen LogP contribution in [0.5, 0.6) is 11.5 Å². The van der Waals surface area contributed by atoms with Crippen LogP contribution in [0.15, 0.2) is 59.7 Å². The Bertz CT molecular complexity index is 719. The molecule has 110 valence electrons. The lowest BCUT2D eigenvalue weighted by Crippen LogP contribution is -1.95. The van der Waals surface area contributed by atoms with Crippen LogP contribution in [0.25, 0.3) is 12.2 Å². The average Bonchev–Trinajstić information content (AvgIpc) is 2.85. The first-order chi connectivity index (χ1) is 10.6. The topological polar surface area (TPSA) is 57.5 Å². The molecule has 2 aromatic rings. The number of hydrogen-bond acceptors (Lipinski definition) is 3. The fourth-order valence-corrected chi connectivity index (χ4v) is 2.57. The number of aromatic hydroxyl groups is 2. The number of Topliss-reactive ketones (excluding diaryl/α,β-unsaturated/α-hetero) is 1. The Kier molecular flexibility index (Phi) is 3.79. The van der Waals surface area contributed by atoms with Gasteiger partial charge >= 0.3 is 0 Å².